The maximum atomic E-state index is 4.05. The molecular formula is C26H26. The van der Waals surface area contributed by atoms with E-state index >= 15 is 0 Å². The van der Waals surface area contributed by atoms with Crippen LogP contribution in [0.2, 0.25) is 0 Å². The molecule has 0 N–H and O–H groups in total. The minimum Gasteiger partial charge on any atom is -0.103 e. The molecule has 2 radical (unpaired) electrons. The molecule has 130 valence electrons. The molecule has 0 heterocycles. The van der Waals surface area contributed by atoms with Crippen LogP contribution in [0.15, 0.2) is 87.0 Å². The first-order valence-corrected chi connectivity index (χ1v) is 9.16. The third-order valence-electron chi connectivity index (χ3n) is 5.76. The molecule has 1 aliphatic rings. The standard InChI is InChI=1S/C26H26/c1-5-17-25(18-6-2)21-13-9-11-15-23(21)26(19-7-3,20-8-4)24-16-12-10-14-22(24)25/h5-9,12-16H,1-4,17-20H2. The lowest BCUT2D eigenvalue weighted by Crippen LogP contribution is -2.42. The van der Waals surface area contributed by atoms with E-state index in [2.05, 4.69) is 62.7 Å². The zero-order valence-electron chi connectivity index (χ0n) is 15.4. The lowest BCUT2D eigenvalue weighted by molar-refractivity contribution is 0.428. The van der Waals surface area contributed by atoms with Crippen LogP contribution < -0.4 is 0 Å². The first kappa shape index (κ1) is 18.2. The van der Waals surface area contributed by atoms with Gasteiger partial charge >= 0.3 is 0 Å². The summed E-state index contributed by atoms with van der Waals surface area (Å²) in [6.45, 7) is 16.2. The number of hydrogen-bond acceptors (Lipinski definition) is 0. The van der Waals surface area contributed by atoms with E-state index in [1.807, 2.05) is 36.4 Å². The first-order valence-electron chi connectivity index (χ1n) is 9.16. The summed E-state index contributed by atoms with van der Waals surface area (Å²) < 4.78 is 0. The summed E-state index contributed by atoms with van der Waals surface area (Å²) in [5.41, 5.74) is 5.00. The number of fused-ring (bicyclic) bond motifs is 2. The zero-order valence-corrected chi connectivity index (χ0v) is 15.4. The van der Waals surface area contributed by atoms with Gasteiger partial charge in [-0.2, -0.15) is 0 Å². The molecule has 26 heavy (non-hydrogen) atoms. The second-order valence-electron chi connectivity index (χ2n) is 7.08. The van der Waals surface area contributed by atoms with Crippen molar-refractivity contribution in [2.24, 2.45) is 0 Å². The molecule has 0 nitrogen and oxygen atoms in total. The Kier molecular flexibility index (Phi) is 5.13. The van der Waals surface area contributed by atoms with E-state index in [9.17, 15) is 0 Å². The van der Waals surface area contributed by atoms with Crippen molar-refractivity contribution in [3.8, 4) is 0 Å². The van der Waals surface area contributed by atoms with Gasteiger partial charge in [0.15, 0.2) is 0 Å². The Bertz CT molecular complexity index is 695. The van der Waals surface area contributed by atoms with Gasteiger partial charge in [0.2, 0.25) is 0 Å². The normalized spacial score (nSPS) is 16.0. The van der Waals surface area contributed by atoms with Crippen LogP contribution in [0.1, 0.15) is 47.9 Å². The van der Waals surface area contributed by atoms with Gasteiger partial charge in [-0.3, -0.25) is 0 Å². The Hall–Kier alpha value is -2.60. The highest BCUT2D eigenvalue weighted by molar-refractivity contribution is 5.61. The fourth-order valence-electron chi connectivity index (χ4n) is 4.81. The Balaban J connectivity index is 2.45. The van der Waals surface area contributed by atoms with Crippen molar-refractivity contribution in [1.29, 1.82) is 0 Å². The van der Waals surface area contributed by atoms with E-state index in [-0.39, 0.29) is 10.8 Å². The van der Waals surface area contributed by atoms with Gasteiger partial charge in [-0.1, -0.05) is 48.6 Å². The quantitative estimate of drug-likeness (QED) is 0.483. The average molecular weight is 338 g/mol. The summed E-state index contributed by atoms with van der Waals surface area (Å²) in [6, 6.07) is 19.4. The Labute approximate surface area is 158 Å². The van der Waals surface area contributed by atoms with E-state index in [0.29, 0.717) is 0 Å². The minimum atomic E-state index is -0.160. The molecule has 0 bridgehead atoms. The zero-order chi connectivity index (χ0) is 18.6. The molecule has 0 saturated heterocycles. The predicted molar refractivity (Wildman–Crippen MR) is 111 cm³/mol. The van der Waals surface area contributed by atoms with Crippen molar-refractivity contribution in [3.05, 3.63) is 121 Å². The highest BCUT2D eigenvalue weighted by atomic mass is 14.5. The van der Waals surface area contributed by atoms with Crippen LogP contribution in [0.4, 0.5) is 0 Å². The van der Waals surface area contributed by atoms with Gasteiger partial charge in [-0.05, 0) is 72.2 Å². The number of allylic oxidation sites excluding steroid dienone is 4. The van der Waals surface area contributed by atoms with Crippen molar-refractivity contribution in [2.45, 2.75) is 36.5 Å². The molecule has 0 aromatic heterocycles. The molecule has 0 amide bonds. The van der Waals surface area contributed by atoms with Crippen LogP contribution in [0, 0.1) is 12.1 Å². The predicted octanol–water partition coefficient (Wildman–Crippen LogP) is 6.48. The SMILES string of the molecule is C=CCC1(CC=C)c2c[c]ccc2C(CC=C)(CC=C)c2c[c]ccc21. The second kappa shape index (κ2) is 7.33. The van der Waals surface area contributed by atoms with Crippen molar-refractivity contribution >= 4 is 0 Å². The van der Waals surface area contributed by atoms with E-state index in [0.717, 1.165) is 25.7 Å². The number of hydrogen-bond donors (Lipinski definition) is 0. The number of rotatable bonds is 8. The molecule has 0 spiro atoms. The summed E-state index contributed by atoms with van der Waals surface area (Å²) >= 11 is 0. The van der Waals surface area contributed by atoms with Gasteiger partial charge in [0.25, 0.3) is 0 Å². The highest BCUT2D eigenvalue weighted by Crippen LogP contribution is 2.55. The van der Waals surface area contributed by atoms with Gasteiger partial charge in [0.1, 0.15) is 0 Å². The molecule has 0 fully saturated rings. The molecule has 3 rings (SSSR count). The summed E-state index contributed by atoms with van der Waals surface area (Å²) in [7, 11) is 0. The summed E-state index contributed by atoms with van der Waals surface area (Å²) in [5, 5.41) is 0. The third-order valence-corrected chi connectivity index (χ3v) is 5.76. The molecule has 2 aromatic carbocycles. The van der Waals surface area contributed by atoms with Crippen LogP contribution >= 0.6 is 0 Å². The van der Waals surface area contributed by atoms with E-state index < -0.39 is 0 Å². The third kappa shape index (κ3) is 2.52. The van der Waals surface area contributed by atoms with E-state index in [4.69, 9.17) is 0 Å². The monoisotopic (exact) mass is 338 g/mol. The fourth-order valence-corrected chi connectivity index (χ4v) is 4.81. The Morgan fingerprint density at radius 1 is 0.615 bits per heavy atom. The topological polar surface area (TPSA) is 0 Å². The van der Waals surface area contributed by atoms with Crippen LogP contribution in [0.25, 0.3) is 0 Å². The maximum Gasteiger partial charge on any atom is 0.0277 e. The average Bonchev–Trinajstić information content (AvgIpc) is 2.67. The minimum absolute atomic E-state index is 0.160. The van der Waals surface area contributed by atoms with Crippen molar-refractivity contribution in [2.75, 3.05) is 0 Å². The van der Waals surface area contributed by atoms with Crippen LogP contribution in [0.5, 0.6) is 0 Å². The van der Waals surface area contributed by atoms with Gasteiger partial charge in [0.05, 0.1) is 0 Å². The Morgan fingerprint density at radius 2 is 0.962 bits per heavy atom. The molecule has 1 aliphatic carbocycles. The van der Waals surface area contributed by atoms with Crippen LogP contribution in [0.3, 0.4) is 0 Å². The van der Waals surface area contributed by atoms with Gasteiger partial charge in [-0.15, -0.1) is 26.3 Å². The largest absolute Gasteiger partial charge is 0.103 e. The van der Waals surface area contributed by atoms with Gasteiger partial charge in [-0.25, -0.2) is 0 Å². The molecule has 0 atom stereocenters. The lowest BCUT2D eigenvalue weighted by atomic mass is 9.54. The summed E-state index contributed by atoms with van der Waals surface area (Å²) in [4.78, 5) is 0. The second-order valence-corrected chi connectivity index (χ2v) is 7.08. The van der Waals surface area contributed by atoms with Crippen molar-refractivity contribution in [3.63, 3.8) is 0 Å². The van der Waals surface area contributed by atoms with Crippen molar-refractivity contribution in [1.82, 2.24) is 0 Å². The van der Waals surface area contributed by atoms with Gasteiger partial charge in [0, 0.05) is 10.8 Å². The Morgan fingerprint density at radius 3 is 1.27 bits per heavy atom. The van der Waals surface area contributed by atoms with Crippen LogP contribution in [-0.2, 0) is 10.8 Å². The highest BCUT2D eigenvalue weighted by Gasteiger charge is 2.48. The summed E-state index contributed by atoms with van der Waals surface area (Å²) in [5.74, 6) is 0. The molecule has 0 saturated carbocycles. The van der Waals surface area contributed by atoms with Crippen molar-refractivity contribution < 1.29 is 0 Å². The maximum absolute atomic E-state index is 4.05. The fraction of sp³-hybridized carbons (Fsp3) is 0.231. The molecular weight excluding hydrogens is 312 g/mol. The molecule has 0 aliphatic heterocycles. The molecule has 0 unspecified atom stereocenters. The van der Waals surface area contributed by atoms with E-state index in [1.165, 1.54) is 22.3 Å². The van der Waals surface area contributed by atoms with Gasteiger partial charge < -0.3 is 0 Å². The van der Waals surface area contributed by atoms with Crippen LogP contribution in [-0.4, -0.2) is 0 Å². The first-order chi connectivity index (χ1) is 12.7. The summed E-state index contributed by atoms with van der Waals surface area (Å²) in [6.07, 6.45) is 11.5. The lowest BCUT2D eigenvalue weighted by Gasteiger charge is -2.49. The molecule has 2 aromatic rings. The number of benzene rings is 2. The smallest absolute Gasteiger partial charge is 0.0277 e. The van der Waals surface area contributed by atoms with E-state index in [1.54, 1.807) is 0 Å². The molecule has 0 heteroatoms.